The molecular weight excluding hydrogens is 207 g/mol. The molecule has 0 fully saturated rings. The van der Waals surface area contributed by atoms with Gasteiger partial charge in [-0.05, 0) is 30.5 Å². The second-order valence-electron chi connectivity index (χ2n) is 3.22. The van der Waals surface area contributed by atoms with Crippen LogP contribution in [-0.4, -0.2) is 13.0 Å². The van der Waals surface area contributed by atoms with E-state index in [9.17, 15) is 8.42 Å². The molecule has 0 unspecified atom stereocenters. The van der Waals surface area contributed by atoms with Crippen molar-refractivity contribution in [2.24, 2.45) is 0 Å². The van der Waals surface area contributed by atoms with Crippen molar-refractivity contribution in [2.45, 2.75) is 31.1 Å². The summed E-state index contributed by atoms with van der Waals surface area (Å²) >= 11 is 0. The van der Waals surface area contributed by atoms with E-state index in [0.29, 0.717) is 0 Å². The molecule has 0 heterocycles. The van der Waals surface area contributed by atoms with Crippen LogP contribution < -0.4 is 18.9 Å². The number of hydrogen-bond acceptors (Lipinski definition) is 2. The summed E-state index contributed by atoms with van der Waals surface area (Å²) < 4.78 is 30.2. The Morgan fingerprint density at radius 2 is 1.80 bits per heavy atom. The van der Waals surface area contributed by atoms with Gasteiger partial charge in [-0.1, -0.05) is 25.5 Å². The van der Waals surface area contributed by atoms with Crippen molar-refractivity contribution in [3.63, 3.8) is 0 Å². The van der Waals surface area contributed by atoms with E-state index < -0.39 is 10.1 Å². The molecule has 0 radical (unpaired) electrons. The summed E-state index contributed by atoms with van der Waals surface area (Å²) in [6.45, 7) is 2.10. The monoisotopic (exact) mass is 222 g/mol. The molecule has 0 spiro atoms. The van der Waals surface area contributed by atoms with Gasteiger partial charge < -0.3 is 1.43 Å². The molecule has 1 aromatic carbocycles. The molecule has 80 valence electrons. The molecule has 0 aliphatic carbocycles. The fourth-order valence-corrected chi connectivity index (χ4v) is 1.69. The summed E-state index contributed by atoms with van der Waals surface area (Å²) in [5, 5.41) is 0. The van der Waals surface area contributed by atoms with E-state index in [1.54, 1.807) is 12.1 Å². The fourth-order valence-electron chi connectivity index (χ4n) is 1.21. The maximum absolute atomic E-state index is 10.7. The van der Waals surface area contributed by atoms with Gasteiger partial charge in [-0.2, -0.15) is 8.42 Å². The topological polar surface area (TPSA) is 54.4 Å². The second kappa shape index (κ2) is 6.34. The first-order valence-corrected chi connectivity index (χ1v) is 6.04. The summed E-state index contributed by atoms with van der Waals surface area (Å²) in [6.07, 6.45) is 3.15. The van der Waals surface area contributed by atoms with Gasteiger partial charge in [0, 0.05) is 0 Å². The smallest absolute Gasteiger partial charge is 1.00 e. The number of aryl methyl sites for hydroxylation is 1. The fraction of sp³-hybridized carbons (Fsp3) is 0.400. The van der Waals surface area contributed by atoms with Gasteiger partial charge in [-0.15, -0.1) is 0 Å². The molecular formula is C10H15LiO3S. The Balaban J connectivity index is 0. The van der Waals surface area contributed by atoms with Crippen LogP contribution in [0, 0.1) is 0 Å². The summed E-state index contributed by atoms with van der Waals surface area (Å²) in [6, 6.07) is 6.33. The first kappa shape index (κ1) is 14.7. The van der Waals surface area contributed by atoms with E-state index in [-0.39, 0.29) is 25.2 Å². The number of benzene rings is 1. The molecule has 0 amide bonds. The van der Waals surface area contributed by atoms with E-state index in [0.717, 1.165) is 24.8 Å². The Morgan fingerprint density at radius 3 is 2.20 bits per heavy atom. The van der Waals surface area contributed by atoms with Crippen LogP contribution in [0.15, 0.2) is 29.2 Å². The second-order valence-corrected chi connectivity index (χ2v) is 4.64. The van der Waals surface area contributed by atoms with Crippen molar-refractivity contribution in [1.29, 1.82) is 0 Å². The minimum absolute atomic E-state index is 0. The molecule has 0 saturated heterocycles. The zero-order valence-corrected chi connectivity index (χ0v) is 9.92. The van der Waals surface area contributed by atoms with Crippen molar-refractivity contribution >= 4 is 10.1 Å². The van der Waals surface area contributed by atoms with Crippen LogP contribution in [-0.2, 0) is 16.5 Å². The van der Waals surface area contributed by atoms with Gasteiger partial charge in [0.2, 0.25) is 0 Å². The minimum Gasteiger partial charge on any atom is -1.00 e. The van der Waals surface area contributed by atoms with Gasteiger partial charge in [-0.3, -0.25) is 4.55 Å². The van der Waals surface area contributed by atoms with Crippen LogP contribution in [0.25, 0.3) is 0 Å². The molecule has 0 aliphatic rings. The van der Waals surface area contributed by atoms with Gasteiger partial charge >= 0.3 is 18.9 Å². The van der Waals surface area contributed by atoms with Gasteiger partial charge in [0.1, 0.15) is 0 Å². The molecule has 0 bridgehead atoms. The standard InChI is InChI=1S/C10H14O3S.Li.H/c1-2-3-4-9-5-7-10(8-6-9)14(11,12)13;;/h5-8H,2-4H2,1H3,(H,11,12,13);;/q;+1;-1. The van der Waals surface area contributed by atoms with Gasteiger partial charge in [0.25, 0.3) is 10.1 Å². The maximum Gasteiger partial charge on any atom is 1.00 e. The number of hydrogen-bond donors (Lipinski definition) is 1. The van der Waals surface area contributed by atoms with Crippen LogP contribution >= 0.6 is 0 Å². The van der Waals surface area contributed by atoms with E-state index in [2.05, 4.69) is 6.92 Å². The van der Waals surface area contributed by atoms with Gasteiger partial charge in [0.15, 0.2) is 0 Å². The van der Waals surface area contributed by atoms with E-state index >= 15 is 0 Å². The molecule has 1 aromatic rings. The van der Waals surface area contributed by atoms with Crippen LogP contribution in [0.1, 0.15) is 26.8 Å². The summed E-state index contributed by atoms with van der Waals surface area (Å²) in [4.78, 5) is -0.0438. The summed E-state index contributed by atoms with van der Waals surface area (Å²) in [5.74, 6) is 0. The van der Waals surface area contributed by atoms with Crippen molar-refractivity contribution in [3.05, 3.63) is 29.8 Å². The Bertz CT molecular complexity index is 389. The zero-order chi connectivity index (χ0) is 10.6. The molecule has 15 heavy (non-hydrogen) atoms. The Morgan fingerprint density at radius 1 is 1.27 bits per heavy atom. The van der Waals surface area contributed by atoms with Crippen molar-refractivity contribution in [1.82, 2.24) is 0 Å². The molecule has 0 aliphatic heterocycles. The van der Waals surface area contributed by atoms with E-state index in [4.69, 9.17) is 4.55 Å². The van der Waals surface area contributed by atoms with Crippen molar-refractivity contribution in [3.8, 4) is 0 Å². The van der Waals surface area contributed by atoms with Crippen LogP contribution in [0.3, 0.4) is 0 Å². The summed E-state index contributed by atoms with van der Waals surface area (Å²) in [7, 11) is -4.04. The first-order chi connectivity index (χ1) is 6.54. The SMILES string of the molecule is CCCCc1ccc(S(=O)(=O)O)cc1.[H-].[Li+]. The third-order valence-electron chi connectivity index (χ3n) is 2.04. The Labute approximate surface area is 104 Å². The molecule has 3 nitrogen and oxygen atoms in total. The van der Waals surface area contributed by atoms with Crippen molar-refractivity contribution in [2.75, 3.05) is 0 Å². The molecule has 0 aromatic heterocycles. The number of rotatable bonds is 4. The quantitative estimate of drug-likeness (QED) is 0.546. The average molecular weight is 222 g/mol. The molecule has 0 saturated carbocycles. The largest absolute Gasteiger partial charge is 1.00 e. The van der Waals surface area contributed by atoms with Gasteiger partial charge in [-0.25, -0.2) is 0 Å². The summed E-state index contributed by atoms with van der Waals surface area (Å²) in [5.41, 5.74) is 1.10. The maximum atomic E-state index is 10.7. The Kier molecular flexibility index (Phi) is 6.23. The Hall–Kier alpha value is -0.273. The van der Waals surface area contributed by atoms with Crippen molar-refractivity contribution < 1.29 is 33.3 Å². The molecule has 1 N–H and O–H groups in total. The normalized spacial score (nSPS) is 10.8. The molecule has 0 atom stereocenters. The van der Waals surface area contributed by atoms with Crippen LogP contribution in [0.4, 0.5) is 0 Å². The van der Waals surface area contributed by atoms with E-state index in [1.807, 2.05) is 0 Å². The third kappa shape index (κ3) is 4.85. The predicted octanol–water partition coefficient (Wildman–Crippen LogP) is -0.608. The molecule has 5 heteroatoms. The van der Waals surface area contributed by atoms with E-state index in [1.165, 1.54) is 12.1 Å². The van der Waals surface area contributed by atoms with Crippen LogP contribution in [0.2, 0.25) is 0 Å². The first-order valence-electron chi connectivity index (χ1n) is 4.60. The zero-order valence-electron chi connectivity index (χ0n) is 10.1. The van der Waals surface area contributed by atoms with Gasteiger partial charge in [0.05, 0.1) is 4.90 Å². The van der Waals surface area contributed by atoms with Crippen LogP contribution in [0.5, 0.6) is 0 Å². The minimum atomic E-state index is -4.04. The predicted molar refractivity (Wildman–Crippen MR) is 56.0 cm³/mol. The number of unbranched alkanes of at least 4 members (excludes halogenated alkanes) is 1. The third-order valence-corrected chi connectivity index (χ3v) is 2.91. The molecule has 1 rings (SSSR count). The average Bonchev–Trinajstić information content (AvgIpc) is 2.14.